The molecule has 0 radical (unpaired) electrons. The van der Waals surface area contributed by atoms with Gasteiger partial charge >= 0.3 is 0 Å². The van der Waals surface area contributed by atoms with Crippen LogP contribution in [0.1, 0.15) is 13.8 Å². The van der Waals surface area contributed by atoms with Crippen molar-refractivity contribution < 1.29 is 9.13 Å². The molecule has 0 spiro atoms. The number of hydrogen-bond donors (Lipinski definition) is 1. The predicted molar refractivity (Wildman–Crippen MR) is 62.3 cm³/mol. The molecule has 0 aliphatic heterocycles. The highest BCUT2D eigenvalue weighted by Crippen LogP contribution is 2.10. The lowest BCUT2D eigenvalue weighted by molar-refractivity contribution is 0.308. The lowest BCUT2D eigenvalue weighted by atomic mass is 10.3. The molecule has 86 valence electrons. The molecule has 1 aromatic carbocycles. The van der Waals surface area contributed by atoms with Crippen LogP contribution in [0.4, 0.5) is 4.39 Å². The molecule has 0 aliphatic carbocycles. The highest BCUT2D eigenvalue weighted by Gasteiger charge is 1.95. The predicted octanol–water partition coefficient (Wildman–Crippen LogP) is 2.62. The average Bonchev–Trinajstić information content (AvgIpc) is 2.15. The van der Waals surface area contributed by atoms with Crippen LogP contribution in [0.5, 0.6) is 5.75 Å². The molecule has 4 heteroatoms. The maximum Gasteiger partial charge on any atom is 0.123 e. The Hall–Kier alpha value is -0.800. The van der Waals surface area contributed by atoms with Gasteiger partial charge in [0.05, 0.1) is 0 Å². The van der Waals surface area contributed by atoms with Gasteiger partial charge in [0.1, 0.15) is 18.2 Å². The molecule has 0 fully saturated rings. The maximum atomic E-state index is 12.5. The molecule has 0 amide bonds. The van der Waals surface area contributed by atoms with E-state index in [1.165, 1.54) is 12.1 Å². The third-order valence-electron chi connectivity index (χ3n) is 1.74. The van der Waals surface area contributed by atoms with Crippen molar-refractivity contribution in [1.82, 2.24) is 5.32 Å². The summed E-state index contributed by atoms with van der Waals surface area (Å²) in [6.07, 6.45) is 0. The first kappa shape index (κ1) is 14.2. The van der Waals surface area contributed by atoms with Gasteiger partial charge in [-0.2, -0.15) is 0 Å². The zero-order chi connectivity index (χ0) is 10.4. The largest absolute Gasteiger partial charge is 0.492 e. The van der Waals surface area contributed by atoms with E-state index in [0.717, 1.165) is 6.54 Å². The maximum absolute atomic E-state index is 12.5. The number of benzene rings is 1. The molecule has 15 heavy (non-hydrogen) atoms. The Kier molecular flexibility index (Phi) is 7.09. The van der Waals surface area contributed by atoms with Crippen molar-refractivity contribution in [3.8, 4) is 5.75 Å². The number of nitrogens with one attached hydrogen (secondary N) is 1. The van der Waals surface area contributed by atoms with E-state index in [1.807, 2.05) is 0 Å². The Bertz CT molecular complexity index is 264. The Morgan fingerprint density at radius 1 is 1.27 bits per heavy atom. The standard InChI is InChI=1S/C11H16FNO.ClH/c1-9(2)13-7-8-14-11-5-3-10(12)4-6-11;/h3-6,9,13H,7-8H2,1-2H3;1H. The van der Waals surface area contributed by atoms with Gasteiger partial charge in [-0.15, -0.1) is 12.4 Å². The summed E-state index contributed by atoms with van der Waals surface area (Å²) < 4.78 is 17.9. The zero-order valence-corrected chi connectivity index (χ0v) is 9.81. The molecule has 0 saturated heterocycles. The Balaban J connectivity index is 0.00000196. The van der Waals surface area contributed by atoms with Crippen LogP contribution in [-0.4, -0.2) is 19.2 Å². The molecule has 1 N–H and O–H groups in total. The van der Waals surface area contributed by atoms with Crippen LogP contribution in [0.2, 0.25) is 0 Å². The van der Waals surface area contributed by atoms with E-state index in [1.54, 1.807) is 12.1 Å². The topological polar surface area (TPSA) is 21.3 Å². The van der Waals surface area contributed by atoms with Crippen molar-refractivity contribution in [1.29, 1.82) is 0 Å². The van der Waals surface area contributed by atoms with Gasteiger partial charge in [0.25, 0.3) is 0 Å². The van der Waals surface area contributed by atoms with Gasteiger partial charge in [-0.05, 0) is 24.3 Å². The molecule has 2 nitrogen and oxygen atoms in total. The summed E-state index contributed by atoms with van der Waals surface area (Å²) >= 11 is 0. The van der Waals surface area contributed by atoms with Crippen LogP contribution < -0.4 is 10.1 Å². The third-order valence-corrected chi connectivity index (χ3v) is 1.74. The monoisotopic (exact) mass is 233 g/mol. The second kappa shape index (κ2) is 7.49. The quantitative estimate of drug-likeness (QED) is 0.790. The summed E-state index contributed by atoms with van der Waals surface area (Å²) in [5.41, 5.74) is 0. The van der Waals surface area contributed by atoms with Gasteiger partial charge in [-0.25, -0.2) is 4.39 Å². The van der Waals surface area contributed by atoms with Crippen LogP contribution in [-0.2, 0) is 0 Å². The van der Waals surface area contributed by atoms with Crippen molar-refractivity contribution in [3.05, 3.63) is 30.1 Å². The summed E-state index contributed by atoms with van der Waals surface area (Å²) in [4.78, 5) is 0. The molecular formula is C11H17ClFNO. The molecule has 0 heterocycles. The second-order valence-corrected chi connectivity index (χ2v) is 3.41. The van der Waals surface area contributed by atoms with E-state index in [-0.39, 0.29) is 18.2 Å². The minimum Gasteiger partial charge on any atom is -0.492 e. The second-order valence-electron chi connectivity index (χ2n) is 3.41. The fourth-order valence-corrected chi connectivity index (χ4v) is 1.05. The lowest BCUT2D eigenvalue weighted by Crippen LogP contribution is -2.27. The highest BCUT2D eigenvalue weighted by molar-refractivity contribution is 5.85. The van der Waals surface area contributed by atoms with Gasteiger partial charge in [0.2, 0.25) is 0 Å². The van der Waals surface area contributed by atoms with Gasteiger partial charge in [-0.3, -0.25) is 0 Å². The van der Waals surface area contributed by atoms with Crippen LogP contribution in [0.15, 0.2) is 24.3 Å². The molecule has 0 atom stereocenters. The Morgan fingerprint density at radius 3 is 2.40 bits per heavy atom. The van der Waals surface area contributed by atoms with Crippen LogP contribution in [0, 0.1) is 5.82 Å². The molecule has 0 unspecified atom stereocenters. The summed E-state index contributed by atoms with van der Waals surface area (Å²) in [5.74, 6) is 0.467. The van der Waals surface area contributed by atoms with E-state index in [0.29, 0.717) is 18.4 Å². The molecule has 0 bridgehead atoms. The van der Waals surface area contributed by atoms with Crippen LogP contribution in [0.3, 0.4) is 0 Å². The number of rotatable bonds is 5. The first-order chi connectivity index (χ1) is 6.68. The minimum absolute atomic E-state index is 0. The van der Waals surface area contributed by atoms with Crippen molar-refractivity contribution >= 4 is 12.4 Å². The fourth-order valence-electron chi connectivity index (χ4n) is 1.05. The van der Waals surface area contributed by atoms with E-state index in [4.69, 9.17) is 4.74 Å². The highest BCUT2D eigenvalue weighted by atomic mass is 35.5. The summed E-state index contributed by atoms with van der Waals surface area (Å²) in [5, 5.41) is 3.23. The molecule has 0 aromatic heterocycles. The fraction of sp³-hybridized carbons (Fsp3) is 0.455. The average molecular weight is 234 g/mol. The normalized spacial score (nSPS) is 9.87. The summed E-state index contributed by atoms with van der Waals surface area (Å²) in [6.45, 7) is 5.56. The van der Waals surface area contributed by atoms with Crippen LogP contribution in [0.25, 0.3) is 0 Å². The van der Waals surface area contributed by atoms with Crippen molar-refractivity contribution in [3.63, 3.8) is 0 Å². The first-order valence-electron chi connectivity index (χ1n) is 4.80. The number of hydrogen-bond acceptors (Lipinski definition) is 2. The molecule has 0 saturated carbocycles. The summed E-state index contributed by atoms with van der Waals surface area (Å²) in [6, 6.07) is 6.51. The first-order valence-corrected chi connectivity index (χ1v) is 4.80. The van der Waals surface area contributed by atoms with E-state index in [9.17, 15) is 4.39 Å². The van der Waals surface area contributed by atoms with E-state index >= 15 is 0 Å². The van der Waals surface area contributed by atoms with Crippen molar-refractivity contribution in [2.45, 2.75) is 19.9 Å². The van der Waals surface area contributed by atoms with E-state index < -0.39 is 0 Å². The third kappa shape index (κ3) is 6.31. The van der Waals surface area contributed by atoms with Crippen LogP contribution >= 0.6 is 12.4 Å². The Labute approximate surface area is 96.2 Å². The molecule has 1 aromatic rings. The smallest absolute Gasteiger partial charge is 0.123 e. The van der Waals surface area contributed by atoms with Crippen molar-refractivity contribution in [2.75, 3.05) is 13.2 Å². The molecule has 0 aliphatic rings. The van der Waals surface area contributed by atoms with Gasteiger partial charge < -0.3 is 10.1 Å². The van der Waals surface area contributed by atoms with Crippen molar-refractivity contribution in [2.24, 2.45) is 0 Å². The Morgan fingerprint density at radius 2 is 1.87 bits per heavy atom. The molecular weight excluding hydrogens is 217 g/mol. The van der Waals surface area contributed by atoms with E-state index in [2.05, 4.69) is 19.2 Å². The minimum atomic E-state index is -0.238. The SMILES string of the molecule is CC(C)NCCOc1ccc(F)cc1.Cl. The molecule has 1 rings (SSSR count). The van der Waals surface area contributed by atoms with Gasteiger partial charge in [0.15, 0.2) is 0 Å². The number of ether oxygens (including phenoxy) is 1. The summed E-state index contributed by atoms with van der Waals surface area (Å²) in [7, 11) is 0. The zero-order valence-electron chi connectivity index (χ0n) is 9.00. The van der Waals surface area contributed by atoms with Gasteiger partial charge in [-0.1, -0.05) is 13.8 Å². The van der Waals surface area contributed by atoms with Gasteiger partial charge in [0, 0.05) is 12.6 Å². The lowest BCUT2D eigenvalue weighted by Gasteiger charge is -2.09. The number of halogens is 2.